The fourth-order valence-corrected chi connectivity index (χ4v) is 3.20. The molecule has 0 radical (unpaired) electrons. The van der Waals surface area contributed by atoms with E-state index in [-0.39, 0.29) is 6.03 Å². The largest absolute Gasteiger partial charge is 0.365 e. The molecule has 23 heavy (non-hydrogen) atoms. The van der Waals surface area contributed by atoms with Crippen LogP contribution in [0, 0.1) is 0 Å². The molecule has 1 aliphatic carbocycles. The molecule has 1 aliphatic heterocycles. The van der Waals surface area contributed by atoms with Crippen molar-refractivity contribution in [3.05, 3.63) is 12.4 Å². The van der Waals surface area contributed by atoms with Crippen LogP contribution in [0.25, 0.3) is 0 Å². The lowest BCUT2D eigenvalue weighted by Crippen LogP contribution is -2.52. The second-order valence-electron chi connectivity index (χ2n) is 6.44. The smallest absolute Gasteiger partial charge is 0.317 e. The number of aromatic nitrogens is 2. The zero-order valence-electron chi connectivity index (χ0n) is 14.2. The Hall–Kier alpha value is -1.76. The number of likely N-dealkylation sites (N-methyl/N-ethyl adjacent to an activating group) is 1. The second kappa shape index (κ2) is 7.21. The van der Waals surface area contributed by atoms with E-state index in [1.165, 1.54) is 12.8 Å². The van der Waals surface area contributed by atoms with Gasteiger partial charge in [0.1, 0.15) is 0 Å². The highest BCUT2D eigenvalue weighted by molar-refractivity contribution is 5.74. The lowest BCUT2D eigenvalue weighted by molar-refractivity contribution is 0.191. The zero-order valence-corrected chi connectivity index (χ0v) is 14.2. The van der Waals surface area contributed by atoms with E-state index in [9.17, 15) is 4.79 Å². The van der Waals surface area contributed by atoms with Gasteiger partial charge in [-0.3, -0.25) is 9.58 Å². The molecule has 0 bridgehead atoms. The van der Waals surface area contributed by atoms with Gasteiger partial charge in [0.05, 0.1) is 11.9 Å². The average molecular weight is 320 g/mol. The number of rotatable bonds is 6. The summed E-state index contributed by atoms with van der Waals surface area (Å²) in [5.41, 5.74) is 1.13. The maximum atomic E-state index is 12.3. The summed E-state index contributed by atoms with van der Waals surface area (Å²) >= 11 is 0. The van der Waals surface area contributed by atoms with E-state index in [1.807, 2.05) is 29.0 Å². The summed E-state index contributed by atoms with van der Waals surface area (Å²) in [5.74, 6) is 0. The molecule has 2 aliphatic rings. The van der Waals surface area contributed by atoms with Gasteiger partial charge in [-0.15, -0.1) is 0 Å². The Bertz CT molecular complexity index is 518. The molecule has 1 saturated heterocycles. The number of carbonyl (C=O) groups excluding carboxylic acids is 1. The third kappa shape index (κ3) is 4.16. The Morgan fingerprint density at radius 2 is 2.09 bits per heavy atom. The molecule has 2 amide bonds. The number of piperazine rings is 1. The minimum absolute atomic E-state index is 0.0719. The molecular formula is C16H28N6O. The van der Waals surface area contributed by atoms with Crippen molar-refractivity contribution >= 4 is 11.7 Å². The summed E-state index contributed by atoms with van der Waals surface area (Å²) in [6.07, 6.45) is 6.54. The minimum Gasteiger partial charge on any atom is -0.365 e. The number of nitrogens with one attached hydrogen (secondary N) is 1. The van der Waals surface area contributed by atoms with Gasteiger partial charge in [-0.1, -0.05) is 6.92 Å². The van der Waals surface area contributed by atoms with Gasteiger partial charge in [0.25, 0.3) is 0 Å². The molecule has 7 nitrogen and oxygen atoms in total. The Morgan fingerprint density at radius 1 is 1.35 bits per heavy atom. The number of anilines is 1. The van der Waals surface area contributed by atoms with Gasteiger partial charge in [-0.25, -0.2) is 4.79 Å². The lowest BCUT2D eigenvalue weighted by Gasteiger charge is -2.35. The van der Waals surface area contributed by atoms with Gasteiger partial charge < -0.3 is 15.1 Å². The quantitative estimate of drug-likeness (QED) is 0.840. The van der Waals surface area contributed by atoms with E-state index >= 15 is 0 Å². The highest BCUT2D eigenvalue weighted by Crippen LogP contribution is 2.25. The van der Waals surface area contributed by atoms with Crippen molar-refractivity contribution in [2.24, 2.45) is 7.05 Å². The molecular weight excluding hydrogens is 292 g/mol. The van der Waals surface area contributed by atoms with Crippen molar-refractivity contribution in [3.8, 4) is 0 Å². The molecule has 0 atom stereocenters. The van der Waals surface area contributed by atoms with Crippen molar-refractivity contribution in [1.29, 1.82) is 0 Å². The van der Waals surface area contributed by atoms with E-state index in [1.54, 1.807) is 0 Å². The van der Waals surface area contributed by atoms with E-state index in [0.29, 0.717) is 0 Å². The van der Waals surface area contributed by atoms with Crippen LogP contribution in [0.4, 0.5) is 10.5 Å². The molecule has 3 rings (SSSR count). The standard InChI is InChI=1S/C16H28N6O/c1-3-20(14-4-5-14)7-6-17-16(23)22-10-8-21(9-11-22)15-12-18-19(2)13-15/h12-14H,3-11H2,1-2H3,(H,17,23). The summed E-state index contributed by atoms with van der Waals surface area (Å²) in [4.78, 5) is 18.9. The van der Waals surface area contributed by atoms with Crippen LogP contribution in [0.1, 0.15) is 19.8 Å². The summed E-state index contributed by atoms with van der Waals surface area (Å²) in [6, 6.07) is 0.836. The molecule has 7 heteroatoms. The highest BCUT2D eigenvalue weighted by Gasteiger charge is 2.27. The Kier molecular flexibility index (Phi) is 5.05. The van der Waals surface area contributed by atoms with E-state index < -0.39 is 0 Å². The molecule has 0 unspecified atom stereocenters. The van der Waals surface area contributed by atoms with Crippen LogP contribution in [-0.2, 0) is 7.05 Å². The van der Waals surface area contributed by atoms with Crippen molar-refractivity contribution in [2.75, 3.05) is 50.7 Å². The van der Waals surface area contributed by atoms with Crippen molar-refractivity contribution in [1.82, 2.24) is 24.9 Å². The summed E-state index contributed by atoms with van der Waals surface area (Å²) in [6.45, 7) is 8.23. The van der Waals surface area contributed by atoms with Crippen molar-refractivity contribution in [3.63, 3.8) is 0 Å². The first kappa shape index (κ1) is 16.1. The van der Waals surface area contributed by atoms with Crippen LogP contribution in [0.3, 0.4) is 0 Å². The average Bonchev–Trinajstić information content (AvgIpc) is 3.32. The fraction of sp³-hybridized carbons (Fsp3) is 0.750. The normalized spacial score (nSPS) is 18.6. The minimum atomic E-state index is 0.0719. The van der Waals surface area contributed by atoms with Gasteiger partial charge in [0.2, 0.25) is 0 Å². The molecule has 0 aromatic carbocycles. The Morgan fingerprint density at radius 3 is 2.65 bits per heavy atom. The van der Waals surface area contributed by atoms with Gasteiger partial charge >= 0.3 is 6.03 Å². The third-order valence-electron chi connectivity index (χ3n) is 4.77. The van der Waals surface area contributed by atoms with Crippen LogP contribution in [0.15, 0.2) is 12.4 Å². The molecule has 1 aromatic rings. The predicted molar refractivity (Wildman–Crippen MR) is 90.7 cm³/mol. The van der Waals surface area contributed by atoms with Crippen LogP contribution in [0.2, 0.25) is 0 Å². The maximum absolute atomic E-state index is 12.3. The number of hydrogen-bond donors (Lipinski definition) is 1. The SMILES string of the molecule is CCN(CCNC(=O)N1CCN(c2cnn(C)c2)CC1)C1CC1. The topological polar surface area (TPSA) is 56.6 Å². The number of amides is 2. The first-order chi connectivity index (χ1) is 11.2. The van der Waals surface area contributed by atoms with Gasteiger partial charge in [0, 0.05) is 58.6 Å². The second-order valence-corrected chi connectivity index (χ2v) is 6.44. The number of hydrogen-bond acceptors (Lipinski definition) is 4. The Balaban J connectivity index is 1.38. The fourth-order valence-electron chi connectivity index (χ4n) is 3.20. The third-order valence-corrected chi connectivity index (χ3v) is 4.77. The van der Waals surface area contributed by atoms with Gasteiger partial charge in [-0.2, -0.15) is 5.10 Å². The lowest BCUT2D eigenvalue weighted by atomic mass is 10.3. The molecule has 2 heterocycles. The van der Waals surface area contributed by atoms with Crippen molar-refractivity contribution in [2.45, 2.75) is 25.8 Å². The Labute approximate surface area is 138 Å². The maximum Gasteiger partial charge on any atom is 0.317 e. The molecule has 1 saturated carbocycles. The molecule has 2 fully saturated rings. The van der Waals surface area contributed by atoms with E-state index in [2.05, 4.69) is 27.1 Å². The number of nitrogens with zero attached hydrogens (tertiary/aromatic N) is 5. The van der Waals surface area contributed by atoms with Gasteiger partial charge in [0.15, 0.2) is 0 Å². The number of aryl methyl sites for hydroxylation is 1. The first-order valence-corrected chi connectivity index (χ1v) is 8.68. The number of urea groups is 1. The highest BCUT2D eigenvalue weighted by atomic mass is 16.2. The van der Waals surface area contributed by atoms with E-state index in [4.69, 9.17) is 0 Å². The van der Waals surface area contributed by atoms with Crippen LogP contribution in [-0.4, -0.2) is 77.5 Å². The van der Waals surface area contributed by atoms with Crippen molar-refractivity contribution < 1.29 is 4.79 Å². The van der Waals surface area contributed by atoms with Crippen LogP contribution in [0.5, 0.6) is 0 Å². The molecule has 1 N–H and O–H groups in total. The van der Waals surface area contributed by atoms with E-state index in [0.717, 1.165) is 57.5 Å². The molecule has 128 valence electrons. The summed E-state index contributed by atoms with van der Waals surface area (Å²) in [5, 5.41) is 7.28. The summed E-state index contributed by atoms with van der Waals surface area (Å²) in [7, 11) is 1.93. The molecule has 1 aromatic heterocycles. The predicted octanol–water partition coefficient (Wildman–Crippen LogP) is 0.736. The van der Waals surface area contributed by atoms with Crippen LogP contribution < -0.4 is 10.2 Å². The zero-order chi connectivity index (χ0) is 16.2. The monoisotopic (exact) mass is 320 g/mol. The van der Waals surface area contributed by atoms with Gasteiger partial charge in [-0.05, 0) is 19.4 Å². The molecule has 0 spiro atoms. The first-order valence-electron chi connectivity index (χ1n) is 8.68. The number of carbonyl (C=O) groups is 1. The summed E-state index contributed by atoms with van der Waals surface area (Å²) < 4.78 is 1.81. The van der Waals surface area contributed by atoms with Crippen LogP contribution >= 0.6 is 0 Å².